The highest BCUT2D eigenvalue weighted by atomic mass is 16.5. The number of carbonyl (C=O) groups is 3. The van der Waals surface area contributed by atoms with Gasteiger partial charge in [-0.05, 0) is 130 Å². The van der Waals surface area contributed by atoms with E-state index in [1.807, 2.05) is 18.2 Å². The van der Waals surface area contributed by atoms with Crippen LogP contribution in [-0.2, 0) is 19.1 Å². The van der Waals surface area contributed by atoms with Crippen molar-refractivity contribution in [3.8, 4) is 0 Å². The number of pyridine rings is 1. The maximum atomic E-state index is 14.1. The average molecular weight is 719 g/mol. The van der Waals surface area contributed by atoms with E-state index < -0.39 is 28.9 Å². The van der Waals surface area contributed by atoms with Crippen LogP contribution in [0.3, 0.4) is 0 Å². The number of hydrogen-bond acceptors (Lipinski definition) is 7. The maximum Gasteiger partial charge on any atom is 0.309 e. The van der Waals surface area contributed by atoms with Gasteiger partial charge in [-0.3, -0.25) is 19.4 Å². The number of ether oxygens (including phenoxy) is 1. The maximum absolute atomic E-state index is 14.1. The lowest BCUT2D eigenvalue weighted by molar-refractivity contribution is -0.235. The van der Waals surface area contributed by atoms with Crippen molar-refractivity contribution in [2.24, 2.45) is 56.2 Å². The third-order valence-electron chi connectivity index (χ3n) is 16.2. The molecule has 6 rings (SSSR count). The number of Topliss-reactive ketones (excluding diaryl/α,β-unsaturated/α-hetero) is 1. The van der Waals surface area contributed by atoms with Gasteiger partial charge in [-0.2, -0.15) is 0 Å². The monoisotopic (exact) mass is 718 g/mol. The second-order valence-corrected chi connectivity index (χ2v) is 20.0. The normalized spacial score (nSPS) is 38.1. The number of nitrogens with zero attached hydrogens (tertiary/aromatic N) is 1. The minimum absolute atomic E-state index is 0.0139. The highest BCUT2D eigenvalue weighted by Gasteiger charge is 2.70. The van der Waals surface area contributed by atoms with Crippen molar-refractivity contribution in [3.63, 3.8) is 0 Å². The summed E-state index contributed by atoms with van der Waals surface area (Å²) in [6.45, 7) is 22.1. The second-order valence-electron chi connectivity index (χ2n) is 20.0. The van der Waals surface area contributed by atoms with E-state index in [4.69, 9.17) is 4.74 Å². The Labute approximate surface area is 312 Å². The third-order valence-corrected chi connectivity index (χ3v) is 16.2. The molecule has 8 heteroatoms. The van der Waals surface area contributed by atoms with Gasteiger partial charge < -0.3 is 20.3 Å². The molecule has 3 N–H and O–H groups in total. The quantitative estimate of drug-likeness (QED) is 0.206. The van der Waals surface area contributed by atoms with E-state index in [0.717, 1.165) is 62.6 Å². The number of allylic oxidation sites excluding steroid dienone is 1. The van der Waals surface area contributed by atoms with Crippen molar-refractivity contribution in [3.05, 3.63) is 41.2 Å². The number of carboxylic acid groups (broad SMARTS) is 1. The molecule has 8 nitrogen and oxygen atoms in total. The van der Waals surface area contributed by atoms with Crippen LogP contribution < -0.4 is 5.32 Å². The molecule has 0 bridgehead atoms. The molecule has 4 saturated carbocycles. The van der Waals surface area contributed by atoms with Crippen LogP contribution in [0.5, 0.6) is 0 Å². The van der Waals surface area contributed by atoms with E-state index in [1.165, 1.54) is 5.57 Å². The van der Waals surface area contributed by atoms with Gasteiger partial charge in [0, 0.05) is 36.0 Å². The van der Waals surface area contributed by atoms with Crippen molar-refractivity contribution in [2.45, 2.75) is 152 Å². The van der Waals surface area contributed by atoms with Crippen LogP contribution in [0.2, 0.25) is 0 Å². The average Bonchev–Trinajstić information content (AvgIpc) is 3.38. The lowest BCUT2D eigenvalue weighted by Gasteiger charge is -2.72. The fourth-order valence-corrected chi connectivity index (χ4v) is 13.1. The van der Waals surface area contributed by atoms with Crippen LogP contribution in [0.25, 0.3) is 0 Å². The second kappa shape index (κ2) is 13.3. The van der Waals surface area contributed by atoms with E-state index in [1.54, 1.807) is 20.0 Å². The van der Waals surface area contributed by atoms with Gasteiger partial charge in [-0.15, -0.1) is 0 Å². The Morgan fingerprint density at radius 3 is 2.31 bits per heavy atom. The van der Waals surface area contributed by atoms with E-state index in [-0.39, 0.29) is 57.8 Å². The van der Waals surface area contributed by atoms with Gasteiger partial charge in [-0.25, -0.2) is 0 Å². The molecule has 0 spiro atoms. The summed E-state index contributed by atoms with van der Waals surface area (Å²) in [5.41, 5.74) is 1.37. The number of carboxylic acids is 1. The van der Waals surface area contributed by atoms with E-state index in [9.17, 15) is 24.6 Å². The Kier molecular flexibility index (Phi) is 10.0. The molecule has 0 amide bonds. The van der Waals surface area contributed by atoms with Gasteiger partial charge in [0.1, 0.15) is 6.10 Å². The van der Waals surface area contributed by atoms with Gasteiger partial charge in [-0.1, -0.05) is 60.1 Å². The number of aromatic nitrogens is 1. The number of aliphatic hydroxyl groups is 1. The Morgan fingerprint density at radius 1 is 0.962 bits per heavy atom. The van der Waals surface area contributed by atoms with Crippen molar-refractivity contribution in [1.29, 1.82) is 0 Å². The van der Waals surface area contributed by atoms with Gasteiger partial charge >= 0.3 is 11.9 Å². The van der Waals surface area contributed by atoms with Crippen LogP contribution in [0, 0.1) is 56.2 Å². The zero-order valence-corrected chi connectivity index (χ0v) is 33.6. The van der Waals surface area contributed by atoms with Crippen LogP contribution in [-0.4, -0.2) is 51.7 Å². The number of ketones is 1. The Balaban J connectivity index is 1.27. The third kappa shape index (κ3) is 5.92. The molecule has 5 aliphatic carbocycles. The molecule has 0 saturated heterocycles. The fourth-order valence-electron chi connectivity index (χ4n) is 13.1. The van der Waals surface area contributed by atoms with Gasteiger partial charge in [0.25, 0.3) is 0 Å². The van der Waals surface area contributed by atoms with Crippen molar-refractivity contribution in [2.75, 3.05) is 6.54 Å². The molecule has 0 aromatic carbocycles. The van der Waals surface area contributed by atoms with E-state index in [2.05, 4.69) is 65.7 Å². The number of rotatable bonds is 10. The minimum atomic E-state index is -1.16. The summed E-state index contributed by atoms with van der Waals surface area (Å²) in [6.07, 6.45) is 8.95. The summed E-state index contributed by atoms with van der Waals surface area (Å²) in [5, 5.41) is 25.4. The number of aliphatic carboxylic acids is 1. The lowest BCUT2D eigenvalue weighted by atomic mass is 9.33. The fraction of sp³-hybridized carbons (Fsp3) is 0.773. The Bertz CT molecular complexity index is 1600. The van der Waals surface area contributed by atoms with Crippen molar-refractivity contribution >= 4 is 17.7 Å². The molecule has 0 aliphatic heterocycles. The SMILES string of the molecule is CC(C)C1=C2[C@H]3CC[C@@H]4[C@@]5(C)CC[C@H](OC(=O)CC(C)(C)C(=O)O)C(C)(C)[C@@H]5CC[C@@]4(C)[C@]3(C)CC[C@@]2(C(O)CN[C@@H](C)c2ccccn2)CC1=O. The number of fused-ring (bicyclic) bond motifs is 7. The topological polar surface area (TPSA) is 126 Å². The summed E-state index contributed by atoms with van der Waals surface area (Å²) in [7, 11) is 0. The Morgan fingerprint density at radius 2 is 1.67 bits per heavy atom. The molecule has 10 atom stereocenters. The first-order valence-electron chi connectivity index (χ1n) is 20.2. The number of carbonyl (C=O) groups excluding carboxylic acids is 2. The molecular weight excluding hydrogens is 652 g/mol. The highest BCUT2D eigenvalue weighted by Crippen LogP contribution is 2.77. The summed E-state index contributed by atoms with van der Waals surface area (Å²) < 4.78 is 6.17. The molecule has 1 heterocycles. The molecule has 52 heavy (non-hydrogen) atoms. The lowest BCUT2D eigenvalue weighted by Crippen LogP contribution is -2.66. The van der Waals surface area contributed by atoms with E-state index >= 15 is 0 Å². The number of hydrogen-bond donors (Lipinski definition) is 3. The first-order valence-corrected chi connectivity index (χ1v) is 20.2. The smallest absolute Gasteiger partial charge is 0.309 e. The summed E-state index contributed by atoms with van der Waals surface area (Å²) >= 11 is 0. The molecule has 1 aromatic rings. The first kappa shape index (κ1) is 39.1. The largest absolute Gasteiger partial charge is 0.481 e. The first-order chi connectivity index (χ1) is 24.2. The zero-order valence-electron chi connectivity index (χ0n) is 33.6. The number of esters is 1. The summed E-state index contributed by atoms with van der Waals surface area (Å²) in [6, 6.07) is 5.89. The summed E-state index contributed by atoms with van der Waals surface area (Å²) in [5.74, 6) is 0.0333. The molecule has 4 fully saturated rings. The van der Waals surface area contributed by atoms with Crippen LogP contribution in [0.1, 0.15) is 145 Å². The van der Waals surface area contributed by atoms with Crippen LogP contribution >= 0.6 is 0 Å². The zero-order chi connectivity index (χ0) is 38.2. The molecule has 288 valence electrons. The number of nitrogens with one attached hydrogen (secondary N) is 1. The predicted octanol–water partition coefficient (Wildman–Crippen LogP) is 8.49. The molecule has 5 aliphatic rings. The molecular formula is C44H66N2O6. The number of aliphatic hydroxyl groups excluding tert-OH is 1. The van der Waals surface area contributed by atoms with Gasteiger partial charge in [0.15, 0.2) is 5.78 Å². The Hall–Kier alpha value is -2.58. The van der Waals surface area contributed by atoms with Crippen molar-refractivity contribution < 1.29 is 29.3 Å². The molecule has 1 aromatic heterocycles. The van der Waals surface area contributed by atoms with Crippen molar-refractivity contribution in [1.82, 2.24) is 10.3 Å². The predicted molar refractivity (Wildman–Crippen MR) is 202 cm³/mol. The van der Waals surface area contributed by atoms with Gasteiger partial charge in [0.05, 0.1) is 23.6 Å². The molecule has 0 radical (unpaired) electrons. The molecule has 1 unspecified atom stereocenters. The standard InChI is InChI=1S/C44H66N2O6/c1-26(2)36-30(47)23-44(33(48)25-46-27(3)29-13-11-12-22-45-29)21-20-42(9)28(37(36)44)14-15-32-41(8)18-17-34(52-35(49)24-39(4,5)38(50)51)40(6,7)31(41)16-19-43(32,42)10/h11-13,22,26-28,31-34,46,48H,14-21,23-25H2,1-10H3,(H,50,51)/t27-,28+,31-,32+,33?,34-,41-,42+,43+,44-/m0/s1. The van der Waals surface area contributed by atoms with Crippen LogP contribution in [0.15, 0.2) is 35.5 Å². The van der Waals surface area contributed by atoms with Crippen LogP contribution in [0.4, 0.5) is 0 Å². The minimum Gasteiger partial charge on any atom is -0.481 e. The summed E-state index contributed by atoms with van der Waals surface area (Å²) in [4.78, 5) is 43.4. The van der Waals surface area contributed by atoms with Gasteiger partial charge in [0.2, 0.25) is 0 Å². The highest BCUT2D eigenvalue weighted by molar-refractivity contribution is 6.00. The van der Waals surface area contributed by atoms with E-state index in [0.29, 0.717) is 24.8 Å².